The van der Waals surface area contributed by atoms with Gasteiger partial charge in [-0.2, -0.15) is 4.98 Å². The first-order chi connectivity index (χ1) is 12.5. The lowest BCUT2D eigenvalue weighted by Crippen LogP contribution is -2.26. The second kappa shape index (κ2) is 7.59. The van der Waals surface area contributed by atoms with E-state index in [-0.39, 0.29) is 0 Å². The summed E-state index contributed by atoms with van der Waals surface area (Å²) in [6.07, 6.45) is 1.04. The smallest absolute Gasteiger partial charge is 0.258 e. The van der Waals surface area contributed by atoms with Crippen molar-refractivity contribution in [2.45, 2.75) is 41.0 Å². The van der Waals surface area contributed by atoms with Gasteiger partial charge >= 0.3 is 0 Å². The largest absolute Gasteiger partial charge is 0.341 e. The number of aromatic nitrogens is 5. The summed E-state index contributed by atoms with van der Waals surface area (Å²) in [5.41, 5.74) is 4.23. The number of hydrogen-bond acceptors (Lipinski definition) is 7. The van der Waals surface area contributed by atoms with Gasteiger partial charge in [0.25, 0.3) is 5.89 Å². The predicted molar refractivity (Wildman–Crippen MR) is 101 cm³/mol. The zero-order valence-electron chi connectivity index (χ0n) is 15.9. The molecule has 3 heterocycles. The highest BCUT2D eigenvalue weighted by Crippen LogP contribution is 2.23. The van der Waals surface area contributed by atoms with Crippen molar-refractivity contribution in [3.05, 3.63) is 35.3 Å². The van der Waals surface area contributed by atoms with E-state index in [1.54, 1.807) is 0 Å². The van der Waals surface area contributed by atoms with E-state index in [9.17, 15) is 0 Å². The van der Waals surface area contributed by atoms with Crippen molar-refractivity contribution in [1.82, 2.24) is 25.1 Å². The highest BCUT2D eigenvalue weighted by atomic mass is 16.5. The van der Waals surface area contributed by atoms with Gasteiger partial charge in [-0.05, 0) is 52.3 Å². The zero-order valence-corrected chi connectivity index (χ0v) is 15.9. The van der Waals surface area contributed by atoms with E-state index in [0.717, 1.165) is 42.2 Å². The molecule has 0 radical (unpaired) electrons. The van der Waals surface area contributed by atoms with E-state index in [4.69, 9.17) is 4.52 Å². The van der Waals surface area contributed by atoms with Crippen LogP contribution in [0, 0.1) is 20.8 Å². The average Bonchev–Trinajstić information content (AvgIpc) is 3.08. The summed E-state index contributed by atoms with van der Waals surface area (Å²) < 4.78 is 5.47. The molecule has 0 unspecified atom stereocenters. The lowest BCUT2D eigenvalue weighted by Gasteiger charge is -2.20. The summed E-state index contributed by atoms with van der Waals surface area (Å²) in [5, 5.41) is 4.12. The topological polar surface area (TPSA) is 80.8 Å². The maximum Gasteiger partial charge on any atom is 0.258 e. The summed E-state index contributed by atoms with van der Waals surface area (Å²) in [4.78, 5) is 20.3. The van der Waals surface area contributed by atoms with Crippen LogP contribution in [-0.2, 0) is 0 Å². The minimum atomic E-state index is 0.464. The molecule has 0 N–H and O–H groups in total. The molecule has 7 heteroatoms. The summed E-state index contributed by atoms with van der Waals surface area (Å²) in [7, 11) is 0. The van der Waals surface area contributed by atoms with Gasteiger partial charge in [-0.25, -0.2) is 9.97 Å². The molecule has 0 spiro atoms. The summed E-state index contributed by atoms with van der Waals surface area (Å²) in [6.45, 7) is 11.8. The molecule has 0 amide bonds. The number of anilines is 1. The van der Waals surface area contributed by atoms with Gasteiger partial charge < -0.3 is 9.42 Å². The molecule has 0 aliphatic heterocycles. The van der Waals surface area contributed by atoms with Crippen molar-refractivity contribution in [3.8, 4) is 23.0 Å². The second-order valence-electron chi connectivity index (χ2n) is 6.34. The number of nitrogens with zero attached hydrogens (tertiary/aromatic N) is 6. The summed E-state index contributed by atoms with van der Waals surface area (Å²) >= 11 is 0. The quantitative estimate of drug-likeness (QED) is 0.668. The van der Waals surface area contributed by atoms with Gasteiger partial charge in [0.2, 0.25) is 11.8 Å². The van der Waals surface area contributed by atoms with Crippen molar-refractivity contribution < 1.29 is 4.52 Å². The average molecular weight is 352 g/mol. The van der Waals surface area contributed by atoms with Crippen LogP contribution in [0.4, 0.5) is 5.95 Å². The first-order valence-corrected chi connectivity index (χ1v) is 8.90. The van der Waals surface area contributed by atoms with Crippen molar-refractivity contribution in [1.29, 1.82) is 0 Å². The Bertz CT molecular complexity index is 885. The van der Waals surface area contributed by atoms with Gasteiger partial charge in [0.05, 0.1) is 0 Å². The molecule has 0 bridgehead atoms. The van der Waals surface area contributed by atoms with Crippen molar-refractivity contribution >= 4 is 5.95 Å². The fraction of sp³-hybridized carbons (Fsp3) is 0.421. The van der Waals surface area contributed by atoms with Crippen molar-refractivity contribution in [2.24, 2.45) is 0 Å². The van der Waals surface area contributed by atoms with E-state index in [1.807, 2.05) is 39.0 Å². The molecule has 0 aromatic carbocycles. The van der Waals surface area contributed by atoms with Crippen LogP contribution in [0.3, 0.4) is 0 Å². The molecule has 3 rings (SSSR count). The SMILES string of the molecule is CCCN(CC)c1nc(C)cc(-c2noc(-c3cc(C)nc(C)c3)n2)n1. The van der Waals surface area contributed by atoms with Crippen LogP contribution in [0.2, 0.25) is 0 Å². The second-order valence-corrected chi connectivity index (χ2v) is 6.34. The predicted octanol–water partition coefficient (Wildman–Crippen LogP) is 3.75. The molecule has 0 atom stereocenters. The molecule has 26 heavy (non-hydrogen) atoms. The first kappa shape index (κ1) is 18.0. The molecular weight excluding hydrogens is 328 g/mol. The fourth-order valence-electron chi connectivity index (χ4n) is 2.88. The van der Waals surface area contributed by atoms with Crippen LogP contribution in [0.5, 0.6) is 0 Å². The minimum absolute atomic E-state index is 0.464. The minimum Gasteiger partial charge on any atom is -0.341 e. The number of pyridine rings is 1. The van der Waals surface area contributed by atoms with Gasteiger partial charge in [0.1, 0.15) is 5.69 Å². The molecule has 0 aliphatic rings. The van der Waals surface area contributed by atoms with E-state index in [2.05, 4.69) is 43.8 Å². The summed E-state index contributed by atoms with van der Waals surface area (Å²) in [5.74, 6) is 1.63. The lowest BCUT2D eigenvalue weighted by atomic mass is 10.2. The molecule has 0 saturated carbocycles. The normalized spacial score (nSPS) is 11.0. The molecule has 0 aliphatic carbocycles. The fourth-order valence-corrected chi connectivity index (χ4v) is 2.88. The zero-order chi connectivity index (χ0) is 18.7. The van der Waals surface area contributed by atoms with Crippen LogP contribution in [0.25, 0.3) is 23.0 Å². The molecule has 0 saturated heterocycles. The van der Waals surface area contributed by atoms with Gasteiger partial charge in [0, 0.05) is 35.7 Å². The molecule has 3 aromatic rings. The summed E-state index contributed by atoms with van der Waals surface area (Å²) in [6, 6.07) is 5.74. The number of hydrogen-bond donors (Lipinski definition) is 0. The lowest BCUT2D eigenvalue weighted by molar-refractivity contribution is 0.432. The Morgan fingerprint density at radius 1 is 0.885 bits per heavy atom. The molecule has 3 aromatic heterocycles. The van der Waals surface area contributed by atoms with Gasteiger partial charge in [-0.1, -0.05) is 12.1 Å². The maximum atomic E-state index is 5.47. The van der Waals surface area contributed by atoms with E-state index >= 15 is 0 Å². The van der Waals surface area contributed by atoms with Gasteiger partial charge in [0.15, 0.2) is 0 Å². The van der Waals surface area contributed by atoms with Crippen molar-refractivity contribution in [3.63, 3.8) is 0 Å². The van der Waals surface area contributed by atoms with Crippen LogP contribution in [0.15, 0.2) is 22.7 Å². The standard InChI is InChI=1S/C19H24N6O/c1-6-8-25(7-2)19-21-14(5)11-16(22-19)17-23-18(26-24-17)15-9-12(3)20-13(4)10-15/h9-11H,6-8H2,1-5H3. The molecule has 136 valence electrons. The van der Waals surface area contributed by atoms with E-state index < -0.39 is 0 Å². The third-order valence-electron chi connectivity index (χ3n) is 3.98. The highest BCUT2D eigenvalue weighted by Gasteiger charge is 2.16. The number of aryl methyl sites for hydroxylation is 3. The van der Waals surface area contributed by atoms with Gasteiger partial charge in [-0.3, -0.25) is 4.98 Å². The third kappa shape index (κ3) is 3.87. The molecule has 7 nitrogen and oxygen atoms in total. The molecular formula is C19H24N6O. The molecule has 0 fully saturated rings. The highest BCUT2D eigenvalue weighted by molar-refractivity contribution is 5.59. The van der Waals surface area contributed by atoms with Crippen LogP contribution < -0.4 is 4.90 Å². The monoisotopic (exact) mass is 352 g/mol. The Hall–Kier alpha value is -2.83. The number of rotatable bonds is 6. The van der Waals surface area contributed by atoms with Crippen molar-refractivity contribution in [2.75, 3.05) is 18.0 Å². The Balaban J connectivity index is 1.97. The Kier molecular flexibility index (Phi) is 5.25. The maximum absolute atomic E-state index is 5.47. The third-order valence-corrected chi connectivity index (χ3v) is 3.98. The Morgan fingerprint density at radius 3 is 2.23 bits per heavy atom. The van der Waals surface area contributed by atoms with Crippen LogP contribution in [0.1, 0.15) is 37.4 Å². The van der Waals surface area contributed by atoms with E-state index in [0.29, 0.717) is 23.4 Å². The Morgan fingerprint density at radius 2 is 1.58 bits per heavy atom. The van der Waals surface area contributed by atoms with Gasteiger partial charge in [-0.15, -0.1) is 0 Å². The van der Waals surface area contributed by atoms with Crippen LogP contribution in [-0.4, -0.2) is 38.2 Å². The van der Waals surface area contributed by atoms with Crippen LogP contribution >= 0.6 is 0 Å². The first-order valence-electron chi connectivity index (χ1n) is 8.90. The Labute approximate surface area is 153 Å². The van der Waals surface area contributed by atoms with E-state index in [1.165, 1.54) is 0 Å².